The molecule has 0 unspecified atom stereocenters. The van der Waals surface area contributed by atoms with Crippen LogP contribution in [0.1, 0.15) is 0 Å². The Labute approximate surface area is 303 Å². The molecule has 1 aliphatic rings. The third kappa shape index (κ3) is 4.80. The van der Waals surface area contributed by atoms with Crippen molar-refractivity contribution in [3.05, 3.63) is 176 Å². The van der Waals surface area contributed by atoms with Crippen molar-refractivity contribution in [3.8, 4) is 33.4 Å². The van der Waals surface area contributed by atoms with Crippen LogP contribution in [0.15, 0.2) is 176 Å². The summed E-state index contributed by atoms with van der Waals surface area (Å²) in [5.41, 5.74) is 11.3. The number of benzene rings is 8. The van der Waals surface area contributed by atoms with Crippen molar-refractivity contribution < 1.29 is 0 Å². The van der Waals surface area contributed by atoms with Crippen molar-refractivity contribution in [2.75, 3.05) is 4.90 Å². The van der Waals surface area contributed by atoms with Gasteiger partial charge in [-0.1, -0.05) is 147 Å². The Morgan fingerprint density at radius 3 is 1.80 bits per heavy atom. The first-order valence-corrected chi connectivity index (χ1v) is 21.5. The first-order valence-electron chi connectivity index (χ1n) is 17.7. The van der Waals surface area contributed by atoms with Crippen molar-refractivity contribution in [2.45, 2.75) is 13.1 Å². The van der Waals surface area contributed by atoms with E-state index in [1.54, 1.807) is 0 Å². The Bertz CT molecular complexity index is 2760. The van der Waals surface area contributed by atoms with E-state index in [0.29, 0.717) is 0 Å². The fraction of sp³-hybridized carbons (Fsp3) is 0.0417. The summed E-state index contributed by atoms with van der Waals surface area (Å²) in [7, 11) is -1.98. The Morgan fingerprint density at radius 1 is 0.431 bits per heavy atom. The van der Waals surface area contributed by atoms with E-state index < -0.39 is 8.07 Å². The Kier molecular flexibility index (Phi) is 6.89. The van der Waals surface area contributed by atoms with Gasteiger partial charge in [-0.3, -0.25) is 0 Å². The van der Waals surface area contributed by atoms with E-state index in [9.17, 15) is 0 Å². The van der Waals surface area contributed by atoms with Crippen molar-refractivity contribution in [3.63, 3.8) is 0 Å². The minimum atomic E-state index is -1.98. The van der Waals surface area contributed by atoms with Crippen LogP contribution < -0.4 is 15.3 Å². The molecule has 0 bridgehead atoms. The number of nitrogens with zero attached hydrogens (tertiary/aromatic N) is 1. The zero-order chi connectivity index (χ0) is 34.1. The number of hydrogen-bond acceptors (Lipinski definition) is 2. The molecule has 10 rings (SSSR count). The highest BCUT2D eigenvalue weighted by Crippen LogP contribution is 2.48. The standard InChI is InChI=1S/C48H35NSSi/c1-51(2)44-18-10-16-42(46(44)47-45(51)30-29-41-40-15-8-9-17-43(40)50-48(41)47)49(38-25-21-34(22-26-38)32-11-4-3-5-12-32)39-27-23-35(24-28-39)37-20-19-33-13-6-7-14-36(33)31-37/h3-31H,1-2H3. The maximum Gasteiger partial charge on any atom is 0.114 e. The van der Waals surface area contributed by atoms with Gasteiger partial charge in [0.2, 0.25) is 0 Å². The van der Waals surface area contributed by atoms with Crippen LogP contribution in [0, 0.1) is 0 Å². The highest BCUT2D eigenvalue weighted by Gasteiger charge is 2.41. The van der Waals surface area contributed by atoms with E-state index in [1.165, 1.54) is 80.4 Å². The predicted molar refractivity (Wildman–Crippen MR) is 225 cm³/mol. The Morgan fingerprint density at radius 2 is 1.04 bits per heavy atom. The van der Waals surface area contributed by atoms with Gasteiger partial charge in [0.25, 0.3) is 0 Å². The molecule has 2 heterocycles. The fourth-order valence-corrected chi connectivity index (χ4v) is 12.6. The summed E-state index contributed by atoms with van der Waals surface area (Å²) in [6.45, 7) is 5.05. The molecule has 1 nitrogen and oxygen atoms in total. The first-order chi connectivity index (χ1) is 25.0. The molecule has 0 radical (unpaired) electrons. The van der Waals surface area contributed by atoms with Crippen LogP contribution in [0.4, 0.5) is 17.1 Å². The van der Waals surface area contributed by atoms with E-state index in [1.807, 2.05) is 11.3 Å². The lowest BCUT2D eigenvalue weighted by Gasteiger charge is -2.29. The second-order valence-electron chi connectivity index (χ2n) is 14.1. The molecule has 0 saturated carbocycles. The average Bonchev–Trinajstić information content (AvgIpc) is 3.68. The summed E-state index contributed by atoms with van der Waals surface area (Å²) in [5, 5.41) is 8.29. The van der Waals surface area contributed by atoms with Gasteiger partial charge in [0, 0.05) is 42.7 Å². The molecular weight excluding hydrogens is 651 g/mol. The SMILES string of the molecule is C[Si]1(C)c2cccc(N(c3ccc(-c4ccccc4)cc3)c3ccc(-c4ccc5ccccc5c4)cc3)c2-c2c1ccc1c2sc2ccccc21. The third-order valence-corrected chi connectivity index (χ3v) is 15.6. The van der Waals surface area contributed by atoms with Crippen LogP contribution in [-0.2, 0) is 0 Å². The van der Waals surface area contributed by atoms with Crippen molar-refractivity contribution in [1.82, 2.24) is 0 Å². The average molecular weight is 686 g/mol. The summed E-state index contributed by atoms with van der Waals surface area (Å²) < 4.78 is 2.76. The number of anilines is 3. The predicted octanol–water partition coefficient (Wildman–Crippen LogP) is 12.8. The lowest BCUT2D eigenvalue weighted by atomic mass is 9.98. The van der Waals surface area contributed by atoms with Crippen LogP contribution in [0.5, 0.6) is 0 Å². The molecular formula is C48H35NSSi. The Hall–Kier alpha value is -5.74. The second-order valence-corrected chi connectivity index (χ2v) is 19.5. The Balaban J connectivity index is 1.18. The molecule has 8 aromatic carbocycles. The lowest BCUT2D eigenvalue weighted by Crippen LogP contribution is -2.49. The normalized spacial score (nSPS) is 13.1. The van der Waals surface area contributed by atoms with Gasteiger partial charge in [-0.2, -0.15) is 0 Å². The molecule has 3 heteroatoms. The van der Waals surface area contributed by atoms with Gasteiger partial charge in [0.05, 0.1) is 5.69 Å². The first kappa shape index (κ1) is 30.1. The zero-order valence-electron chi connectivity index (χ0n) is 28.6. The minimum Gasteiger partial charge on any atom is -0.310 e. The van der Waals surface area contributed by atoms with Gasteiger partial charge in [-0.25, -0.2) is 0 Å². The van der Waals surface area contributed by atoms with Crippen LogP contribution in [0.2, 0.25) is 13.1 Å². The quantitative estimate of drug-likeness (QED) is 0.163. The van der Waals surface area contributed by atoms with Crippen LogP contribution in [-0.4, -0.2) is 8.07 Å². The summed E-state index contributed by atoms with van der Waals surface area (Å²) in [6.07, 6.45) is 0. The van der Waals surface area contributed by atoms with Gasteiger partial charge in [-0.15, -0.1) is 11.3 Å². The van der Waals surface area contributed by atoms with Crippen molar-refractivity contribution >= 4 is 77.8 Å². The molecule has 0 spiro atoms. The maximum absolute atomic E-state index is 2.53. The number of hydrogen-bond donors (Lipinski definition) is 0. The summed E-state index contributed by atoms with van der Waals surface area (Å²) in [5.74, 6) is 0. The van der Waals surface area contributed by atoms with Gasteiger partial charge in [0.1, 0.15) is 8.07 Å². The van der Waals surface area contributed by atoms with Gasteiger partial charge < -0.3 is 4.90 Å². The molecule has 0 aliphatic carbocycles. The molecule has 0 N–H and O–H groups in total. The van der Waals surface area contributed by atoms with E-state index in [0.717, 1.165) is 11.4 Å². The summed E-state index contributed by atoms with van der Waals surface area (Å²) in [4.78, 5) is 2.49. The molecule has 9 aromatic rings. The van der Waals surface area contributed by atoms with Crippen molar-refractivity contribution in [1.29, 1.82) is 0 Å². The molecule has 1 aromatic heterocycles. The maximum atomic E-state index is 2.53. The van der Waals surface area contributed by atoms with E-state index in [-0.39, 0.29) is 0 Å². The van der Waals surface area contributed by atoms with Crippen LogP contribution in [0.3, 0.4) is 0 Å². The van der Waals surface area contributed by atoms with E-state index >= 15 is 0 Å². The summed E-state index contributed by atoms with van der Waals surface area (Å²) in [6, 6.07) is 65.0. The fourth-order valence-electron chi connectivity index (χ4n) is 8.25. The lowest BCUT2D eigenvalue weighted by molar-refractivity contribution is 1.29. The third-order valence-electron chi connectivity index (χ3n) is 10.9. The number of thiophene rings is 1. The number of rotatable bonds is 5. The van der Waals surface area contributed by atoms with E-state index in [4.69, 9.17) is 0 Å². The minimum absolute atomic E-state index is 1.15. The molecule has 0 fully saturated rings. The van der Waals surface area contributed by atoms with Gasteiger partial charge in [-0.05, 0) is 85.9 Å². The molecule has 1 aliphatic heterocycles. The summed E-state index contributed by atoms with van der Waals surface area (Å²) >= 11 is 1.95. The highest BCUT2D eigenvalue weighted by molar-refractivity contribution is 7.26. The van der Waals surface area contributed by atoms with Crippen LogP contribution in [0.25, 0.3) is 64.3 Å². The van der Waals surface area contributed by atoms with Gasteiger partial charge in [0.15, 0.2) is 0 Å². The second kappa shape index (κ2) is 11.7. The van der Waals surface area contributed by atoms with Gasteiger partial charge >= 0.3 is 0 Å². The zero-order valence-corrected chi connectivity index (χ0v) is 30.4. The van der Waals surface area contributed by atoms with E-state index in [2.05, 4.69) is 194 Å². The van der Waals surface area contributed by atoms with Crippen LogP contribution >= 0.6 is 11.3 Å². The highest BCUT2D eigenvalue weighted by atomic mass is 32.1. The largest absolute Gasteiger partial charge is 0.310 e. The monoisotopic (exact) mass is 685 g/mol. The topological polar surface area (TPSA) is 3.24 Å². The molecule has 0 amide bonds. The molecule has 0 atom stereocenters. The molecule has 51 heavy (non-hydrogen) atoms. The number of fused-ring (bicyclic) bond motifs is 8. The molecule has 0 saturated heterocycles. The smallest absolute Gasteiger partial charge is 0.114 e. The van der Waals surface area contributed by atoms with Crippen molar-refractivity contribution in [2.24, 2.45) is 0 Å². The molecule has 242 valence electrons.